The fraction of sp³-hybridized carbons (Fsp3) is 1.00. The molecule has 0 aromatic heterocycles. The predicted octanol–water partition coefficient (Wildman–Crippen LogP) is 3.96. The van der Waals surface area contributed by atoms with Gasteiger partial charge in [-0.3, -0.25) is 0 Å². The van der Waals surface area contributed by atoms with Crippen LogP contribution in [0.4, 0.5) is 0 Å². The second-order valence-corrected chi connectivity index (χ2v) is 10.2. The molecular formula is C29H62O8. The molecule has 2 unspecified atom stereocenters. The zero-order valence-electron chi connectivity index (χ0n) is 24.1. The number of hydrogen-bond donors (Lipinski definition) is 6. The maximum absolute atomic E-state index is 8.17. The van der Waals surface area contributed by atoms with E-state index in [1.807, 2.05) is 0 Å². The van der Waals surface area contributed by atoms with Crippen LogP contribution in [0.15, 0.2) is 0 Å². The summed E-state index contributed by atoms with van der Waals surface area (Å²) >= 11 is 0. The average Bonchev–Trinajstić information content (AvgIpc) is 3.75. The van der Waals surface area contributed by atoms with E-state index >= 15 is 0 Å². The van der Waals surface area contributed by atoms with E-state index in [2.05, 4.69) is 13.8 Å². The minimum Gasteiger partial charge on any atom is -0.394 e. The van der Waals surface area contributed by atoms with Crippen LogP contribution < -0.4 is 0 Å². The summed E-state index contributed by atoms with van der Waals surface area (Å²) in [5.41, 5.74) is 0. The lowest BCUT2D eigenvalue weighted by atomic mass is 9.94. The SMILES string of the molecule is CCCCCCCCCCC(CCCCCCCC)COCC1CO1.OCC(O)CO.OCC(O)CO. The molecule has 1 rings (SSSR count). The summed E-state index contributed by atoms with van der Waals surface area (Å²) in [6, 6.07) is 0. The number of hydrogen-bond acceptors (Lipinski definition) is 8. The molecule has 226 valence electrons. The van der Waals surface area contributed by atoms with Gasteiger partial charge in [0.15, 0.2) is 0 Å². The zero-order valence-corrected chi connectivity index (χ0v) is 24.1. The summed E-state index contributed by atoms with van der Waals surface area (Å²) in [6.45, 7) is 5.83. The van der Waals surface area contributed by atoms with E-state index in [4.69, 9.17) is 40.1 Å². The molecule has 8 nitrogen and oxygen atoms in total. The lowest BCUT2D eigenvalue weighted by Crippen LogP contribution is -2.15. The number of aliphatic hydroxyl groups is 6. The van der Waals surface area contributed by atoms with Crippen molar-refractivity contribution in [2.45, 2.75) is 135 Å². The summed E-state index contributed by atoms with van der Waals surface area (Å²) < 4.78 is 11.2. The molecule has 0 radical (unpaired) electrons. The smallest absolute Gasteiger partial charge is 0.104 e. The van der Waals surface area contributed by atoms with Gasteiger partial charge in [0.2, 0.25) is 0 Å². The standard InChI is InChI=1S/C23H46O2.2C3H8O3/c1-3-5-7-9-11-12-14-16-18-22(19-24-20-23-21-25-23)17-15-13-10-8-6-4-2;2*4-1-3(6)2-5/h22-23H,3-21H2,1-2H3;2*3-6H,1-2H2. The maximum Gasteiger partial charge on any atom is 0.104 e. The van der Waals surface area contributed by atoms with Crippen LogP contribution in [0.1, 0.15) is 117 Å². The fourth-order valence-electron chi connectivity index (χ4n) is 3.74. The lowest BCUT2D eigenvalue weighted by molar-refractivity contribution is 0.0450. The van der Waals surface area contributed by atoms with Gasteiger partial charge in [-0.2, -0.15) is 0 Å². The third-order valence-electron chi connectivity index (χ3n) is 6.33. The fourth-order valence-corrected chi connectivity index (χ4v) is 3.74. The summed E-state index contributed by atoms with van der Waals surface area (Å²) in [4.78, 5) is 0. The van der Waals surface area contributed by atoms with Crippen LogP contribution in [0, 0.1) is 5.92 Å². The highest BCUT2D eigenvalue weighted by Gasteiger charge is 2.22. The van der Waals surface area contributed by atoms with Crippen LogP contribution in [0.5, 0.6) is 0 Å². The molecule has 2 atom stereocenters. The monoisotopic (exact) mass is 538 g/mol. The van der Waals surface area contributed by atoms with Crippen molar-refractivity contribution in [2.24, 2.45) is 5.92 Å². The summed E-state index contributed by atoms with van der Waals surface area (Å²) in [5.74, 6) is 0.782. The number of ether oxygens (including phenoxy) is 2. The van der Waals surface area contributed by atoms with Crippen molar-refractivity contribution in [2.75, 3.05) is 46.2 Å². The van der Waals surface area contributed by atoms with Gasteiger partial charge in [-0.05, 0) is 18.8 Å². The average molecular weight is 539 g/mol. The van der Waals surface area contributed by atoms with Gasteiger partial charge in [0.05, 0.1) is 39.6 Å². The summed E-state index contributed by atoms with van der Waals surface area (Å²) in [6.07, 6.45) is 21.0. The van der Waals surface area contributed by atoms with Gasteiger partial charge in [-0.25, -0.2) is 0 Å². The molecule has 0 aromatic carbocycles. The Hall–Kier alpha value is -0.320. The molecule has 0 bridgehead atoms. The van der Waals surface area contributed by atoms with Crippen molar-refractivity contribution in [3.05, 3.63) is 0 Å². The van der Waals surface area contributed by atoms with Gasteiger partial charge in [0, 0.05) is 6.61 Å². The Morgan fingerprint density at radius 2 is 0.973 bits per heavy atom. The van der Waals surface area contributed by atoms with Crippen LogP contribution in [-0.4, -0.2) is 95.2 Å². The first kappa shape index (κ1) is 38.8. The molecule has 6 N–H and O–H groups in total. The van der Waals surface area contributed by atoms with Crippen molar-refractivity contribution in [1.29, 1.82) is 0 Å². The number of rotatable bonds is 24. The Bertz CT molecular complexity index is 391. The Balaban J connectivity index is 0. The van der Waals surface area contributed by atoms with Gasteiger partial charge < -0.3 is 40.1 Å². The summed E-state index contributed by atoms with van der Waals surface area (Å²) in [7, 11) is 0. The first-order valence-electron chi connectivity index (χ1n) is 15.0. The largest absolute Gasteiger partial charge is 0.394 e. The van der Waals surface area contributed by atoms with E-state index in [0.29, 0.717) is 6.10 Å². The van der Waals surface area contributed by atoms with Crippen LogP contribution in [0.3, 0.4) is 0 Å². The van der Waals surface area contributed by atoms with Crippen LogP contribution >= 0.6 is 0 Å². The van der Waals surface area contributed by atoms with Gasteiger partial charge in [-0.1, -0.05) is 104 Å². The Morgan fingerprint density at radius 1 is 0.622 bits per heavy atom. The molecule has 1 aliphatic rings. The van der Waals surface area contributed by atoms with E-state index in [1.54, 1.807) is 0 Å². The molecule has 0 aliphatic carbocycles. The third-order valence-corrected chi connectivity index (χ3v) is 6.33. The van der Waals surface area contributed by atoms with Crippen LogP contribution in [-0.2, 0) is 9.47 Å². The molecule has 1 saturated heterocycles. The number of aliphatic hydroxyl groups excluding tert-OH is 6. The summed E-state index contributed by atoms with van der Waals surface area (Å²) in [5, 5.41) is 48.0. The van der Waals surface area contributed by atoms with Crippen LogP contribution in [0.2, 0.25) is 0 Å². The number of epoxide rings is 1. The second-order valence-electron chi connectivity index (χ2n) is 10.2. The van der Waals surface area contributed by atoms with Crippen molar-refractivity contribution < 1.29 is 40.1 Å². The number of unbranched alkanes of at least 4 members (excludes halogenated alkanes) is 12. The lowest BCUT2D eigenvalue weighted by Gasteiger charge is -2.17. The first-order valence-corrected chi connectivity index (χ1v) is 15.0. The van der Waals surface area contributed by atoms with Gasteiger partial charge >= 0.3 is 0 Å². The van der Waals surface area contributed by atoms with Crippen molar-refractivity contribution in [3.8, 4) is 0 Å². The van der Waals surface area contributed by atoms with Crippen molar-refractivity contribution in [1.82, 2.24) is 0 Å². The molecule has 0 saturated carbocycles. The molecule has 0 spiro atoms. The van der Waals surface area contributed by atoms with E-state index < -0.39 is 12.2 Å². The minimum absolute atomic E-state index is 0.365. The van der Waals surface area contributed by atoms with Crippen molar-refractivity contribution >= 4 is 0 Å². The molecule has 1 aliphatic heterocycles. The molecule has 1 heterocycles. The maximum atomic E-state index is 8.17. The highest BCUT2D eigenvalue weighted by Crippen LogP contribution is 2.20. The van der Waals surface area contributed by atoms with Gasteiger partial charge in [0.25, 0.3) is 0 Å². The third kappa shape index (κ3) is 33.7. The van der Waals surface area contributed by atoms with Crippen LogP contribution in [0.25, 0.3) is 0 Å². The Morgan fingerprint density at radius 3 is 1.27 bits per heavy atom. The predicted molar refractivity (Wildman–Crippen MR) is 150 cm³/mol. The van der Waals surface area contributed by atoms with E-state index in [0.717, 1.165) is 25.7 Å². The highest BCUT2D eigenvalue weighted by molar-refractivity contribution is 4.68. The minimum atomic E-state index is -0.954. The molecule has 8 heteroatoms. The quantitative estimate of drug-likeness (QED) is 0.0801. The molecule has 0 amide bonds. The van der Waals surface area contributed by atoms with Crippen molar-refractivity contribution in [3.63, 3.8) is 0 Å². The van der Waals surface area contributed by atoms with E-state index in [1.165, 1.54) is 103 Å². The van der Waals surface area contributed by atoms with E-state index in [-0.39, 0.29) is 26.4 Å². The second kappa shape index (κ2) is 31.9. The van der Waals surface area contributed by atoms with Gasteiger partial charge in [-0.15, -0.1) is 0 Å². The molecule has 37 heavy (non-hydrogen) atoms. The molecule has 0 aromatic rings. The Labute approximate surface area is 227 Å². The first-order chi connectivity index (χ1) is 18.0. The van der Waals surface area contributed by atoms with Gasteiger partial charge in [0.1, 0.15) is 18.3 Å². The zero-order chi connectivity index (χ0) is 28.0. The molecular weight excluding hydrogens is 476 g/mol. The molecule has 1 fully saturated rings. The topological polar surface area (TPSA) is 143 Å². The normalized spacial score (nSPS) is 15.2. The Kier molecular flexibility index (Phi) is 33.5. The highest BCUT2D eigenvalue weighted by atomic mass is 16.6. The van der Waals surface area contributed by atoms with E-state index in [9.17, 15) is 0 Å².